The second-order valence-electron chi connectivity index (χ2n) is 4.99. The normalized spacial score (nSPS) is 19.3. The van der Waals surface area contributed by atoms with Crippen LogP contribution >= 0.6 is 0 Å². The van der Waals surface area contributed by atoms with Gasteiger partial charge in [-0.1, -0.05) is 13.0 Å². The Labute approximate surface area is 116 Å². The first-order valence-electron chi connectivity index (χ1n) is 6.64. The number of hydrogen-bond donors (Lipinski definition) is 1. The maximum absolute atomic E-state index is 13.4. The Morgan fingerprint density at radius 3 is 2.55 bits per heavy atom. The highest BCUT2D eigenvalue weighted by atomic mass is 19.3. The van der Waals surface area contributed by atoms with E-state index >= 15 is 0 Å². The molecular weight excluding hydrogens is 271 g/mol. The van der Waals surface area contributed by atoms with Gasteiger partial charge in [-0.2, -0.15) is 8.78 Å². The first-order chi connectivity index (χ1) is 9.44. The quantitative estimate of drug-likeness (QED) is 0.925. The Hall–Kier alpha value is -1.27. The molecule has 0 saturated carbocycles. The van der Waals surface area contributed by atoms with Crippen LogP contribution in [0.4, 0.5) is 13.2 Å². The molecule has 112 valence electrons. The molecule has 1 aliphatic heterocycles. The molecule has 20 heavy (non-hydrogen) atoms. The maximum atomic E-state index is 13.4. The van der Waals surface area contributed by atoms with E-state index in [1.54, 1.807) is 0 Å². The van der Waals surface area contributed by atoms with Crippen LogP contribution in [0, 0.1) is 5.82 Å². The van der Waals surface area contributed by atoms with E-state index in [4.69, 9.17) is 0 Å². The van der Waals surface area contributed by atoms with E-state index in [-0.39, 0.29) is 0 Å². The van der Waals surface area contributed by atoms with E-state index in [9.17, 15) is 18.3 Å². The number of benzene rings is 1. The zero-order valence-electron chi connectivity index (χ0n) is 11.3. The van der Waals surface area contributed by atoms with Gasteiger partial charge in [-0.3, -0.25) is 0 Å². The van der Waals surface area contributed by atoms with E-state index in [0.29, 0.717) is 18.4 Å². The predicted octanol–water partition coefficient (Wildman–Crippen LogP) is 2.73. The van der Waals surface area contributed by atoms with Crippen LogP contribution in [0.1, 0.15) is 25.3 Å². The highest BCUT2D eigenvalue weighted by molar-refractivity contribution is 5.34. The summed E-state index contributed by atoms with van der Waals surface area (Å²) >= 11 is 0. The Bertz CT molecular complexity index is 460. The molecule has 1 heterocycles. The minimum absolute atomic E-state index is 0.422. The van der Waals surface area contributed by atoms with Crippen LogP contribution in [0.2, 0.25) is 0 Å². The van der Waals surface area contributed by atoms with Crippen LogP contribution in [0.3, 0.4) is 0 Å². The molecule has 0 atom stereocenters. The SMILES string of the molecule is CCN1CCC(O)(c2ccc(F)c(OC(F)F)c2)CC1. The summed E-state index contributed by atoms with van der Waals surface area (Å²) in [7, 11) is 0. The third-order valence-electron chi connectivity index (χ3n) is 3.82. The first-order valence-corrected chi connectivity index (χ1v) is 6.64. The largest absolute Gasteiger partial charge is 0.432 e. The van der Waals surface area contributed by atoms with Gasteiger partial charge in [0.15, 0.2) is 11.6 Å². The van der Waals surface area contributed by atoms with Gasteiger partial charge in [-0.15, -0.1) is 0 Å². The summed E-state index contributed by atoms with van der Waals surface area (Å²) in [5.41, 5.74) is -0.690. The van der Waals surface area contributed by atoms with Gasteiger partial charge in [0.25, 0.3) is 0 Å². The minimum atomic E-state index is -3.09. The highest BCUT2D eigenvalue weighted by Gasteiger charge is 2.34. The van der Waals surface area contributed by atoms with E-state index in [1.165, 1.54) is 12.1 Å². The molecule has 0 aliphatic carbocycles. The lowest BCUT2D eigenvalue weighted by Crippen LogP contribution is -2.42. The van der Waals surface area contributed by atoms with Gasteiger partial charge in [0.2, 0.25) is 0 Å². The third kappa shape index (κ3) is 3.24. The fraction of sp³-hybridized carbons (Fsp3) is 0.571. The summed E-state index contributed by atoms with van der Waals surface area (Å²) in [4.78, 5) is 2.19. The van der Waals surface area contributed by atoms with E-state index < -0.39 is 23.8 Å². The molecule has 0 bridgehead atoms. The van der Waals surface area contributed by atoms with Gasteiger partial charge >= 0.3 is 6.61 Å². The van der Waals surface area contributed by atoms with Crippen LogP contribution in [0.5, 0.6) is 5.75 Å². The fourth-order valence-corrected chi connectivity index (χ4v) is 2.51. The number of ether oxygens (including phenoxy) is 1. The number of hydrogen-bond acceptors (Lipinski definition) is 3. The number of piperidine rings is 1. The molecule has 1 N–H and O–H groups in total. The second kappa shape index (κ2) is 6.01. The van der Waals surface area contributed by atoms with Gasteiger partial charge in [0.05, 0.1) is 5.60 Å². The summed E-state index contributed by atoms with van der Waals surface area (Å²) in [6.07, 6.45) is 0.973. The fourth-order valence-electron chi connectivity index (χ4n) is 2.51. The van der Waals surface area contributed by atoms with Crippen LogP contribution in [-0.4, -0.2) is 36.3 Å². The number of likely N-dealkylation sites (tertiary alicyclic amines) is 1. The number of halogens is 3. The summed E-state index contributed by atoms with van der Waals surface area (Å²) < 4.78 is 41.9. The smallest absolute Gasteiger partial charge is 0.387 e. The monoisotopic (exact) mass is 289 g/mol. The van der Waals surface area contributed by atoms with Crippen molar-refractivity contribution in [3.05, 3.63) is 29.6 Å². The molecule has 0 amide bonds. The van der Waals surface area contributed by atoms with Crippen molar-refractivity contribution >= 4 is 0 Å². The summed E-state index contributed by atoms with van der Waals surface area (Å²) in [6, 6.07) is 3.65. The van der Waals surface area contributed by atoms with Gasteiger partial charge < -0.3 is 14.7 Å². The number of aliphatic hydroxyl groups is 1. The molecule has 0 radical (unpaired) electrons. The average Bonchev–Trinajstić information content (AvgIpc) is 2.41. The second-order valence-corrected chi connectivity index (χ2v) is 4.99. The van der Waals surface area contributed by atoms with E-state index in [2.05, 4.69) is 9.64 Å². The standard InChI is InChI=1S/C14H18F3NO2/c1-2-18-7-5-14(19,6-8-18)10-3-4-11(15)12(9-10)20-13(16)17/h3-4,9,13,19H,2,5-8H2,1H3. The molecule has 3 nitrogen and oxygen atoms in total. The lowest BCUT2D eigenvalue weighted by Gasteiger charge is -2.38. The van der Waals surface area contributed by atoms with E-state index in [0.717, 1.165) is 25.7 Å². The van der Waals surface area contributed by atoms with Crippen LogP contribution in [0.25, 0.3) is 0 Å². The van der Waals surface area contributed by atoms with Crippen molar-refractivity contribution in [2.45, 2.75) is 32.0 Å². The molecule has 6 heteroatoms. The van der Waals surface area contributed by atoms with Gasteiger partial charge in [0.1, 0.15) is 0 Å². The Balaban J connectivity index is 2.20. The summed E-state index contributed by atoms with van der Waals surface area (Å²) in [5, 5.41) is 10.6. The lowest BCUT2D eigenvalue weighted by atomic mass is 9.84. The molecule has 1 fully saturated rings. The van der Waals surface area contributed by atoms with Crippen molar-refractivity contribution in [2.24, 2.45) is 0 Å². The third-order valence-corrected chi connectivity index (χ3v) is 3.82. The topological polar surface area (TPSA) is 32.7 Å². The number of rotatable bonds is 4. The maximum Gasteiger partial charge on any atom is 0.387 e. The molecule has 1 saturated heterocycles. The molecule has 2 rings (SSSR count). The van der Waals surface area contributed by atoms with Gasteiger partial charge in [0, 0.05) is 13.1 Å². The molecule has 0 unspecified atom stereocenters. The Morgan fingerprint density at radius 1 is 1.35 bits per heavy atom. The average molecular weight is 289 g/mol. The summed E-state index contributed by atoms with van der Waals surface area (Å²) in [6.45, 7) is 1.29. The highest BCUT2D eigenvalue weighted by Crippen LogP contribution is 2.35. The van der Waals surface area contributed by atoms with Gasteiger partial charge in [-0.25, -0.2) is 4.39 Å². The van der Waals surface area contributed by atoms with Crippen molar-refractivity contribution in [3.8, 4) is 5.75 Å². The van der Waals surface area contributed by atoms with Crippen molar-refractivity contribution in [1.82, 2.24) is 4.90 Å². The zero-order chi connectivity index (χ0) is 14.8. The van der Waals surface area contributed by atoms with Crippen molar-refractivity contribution in [3.63, 3.8) is 0 Å². The molecule has 1 aromatic rings. The van der Waals surface area contributed by atoms with Crippen LogP contribution in [-0.2, 0) is 5.60 Å². The summed E-state index contributed by atoms with van der Waals surface area (Å²) in [5.74, 6) is -1.38. The first kappa shape index (κ1) is 15.1. The van der Waals surface area contributed by atoms with Crippen molar-refractivity contribution in [2.75, 3.05) is 19.6 Å². The molecule has 1 aliphatic rings. The molecule has 0 aromatic heterocycles. The van der Waals surface area contributed by atoms with Gasteiger partial charge in [-0.05, 0) is 37.1 Å². The molecule has 1 aromatic carbocycles. The van der Waals surface area contributed by atoms with E-state index in [1.807, 2.05) is 6.92 Å². The van der Waals surface area contributed by atoms with Crippen molar-refractivity contribution in [1.29, 1.82) is 0 Å². The number of alkyl halides is 2. The predicted molar refractivity (Wildman–Crippen MR) is 68.3 cm³/mol. The zero-order valence-corrected chi connectivity index (χ0v) is 11.3. The number of nitrogens with zero attached hydrogens (tertiary/aromatic N) is 1. The van der Waals surface area contributed by atoms with Crippen molar-refractivity contribution < 1.29 is 23.0 Å². The van der Waals surface area contributed by atoms with Crippen LogP contribution < -0.4 is 4.74 Å². The molecule has 0 spiro atoms. The minimum Gasteiger partial charge on any atom is -0.432 e. The van der Waals surface area contributed by atoms with Crippen LogP contribution in [0.15, 0.2) is 18.2 Å². The molecular formula is C14H18F3NO2. The Morgan fingerprint density at radius 2 is 2.00 bits per heavy atom. The Kier molecular flexibility index (Phi) is 4.55. The lowest BCUT2D eigenvalue weighted by molar-refractivity contribution is -0.0534.